The zero-order chi connectivity index (χ0) is 13.2. The Morgan fingerprint density at radius 3 is 2.44 bits per heavy atom. The monoisotopic (exact) mass is 258 g/mol. The molecule has 0 aromatic rings. The summed E-state index contributed by atoms with van der Waals surface area (Å²) in [5, 5.41) is 0. The standard InChI is InChI=1S/C13H22O5/c1-4-5-11(17-9-14-2)6-7-12(13-8-16-13)18-10-15-3/h4,6-7,11-13H,1,5,8-10H2,2-3H3/t11-,12+,13-/m1/s1. The van der Waals surface area contributed by atoms with E-state index in [2.05, 4.69) is 6.58 Å². The Morgan fingerprint density at radius 2 is 1.89 bits per heavy atom. The maximum Gasteiger partial charge on any atom is 0.147 e. The minimum atomic E-state index is -0.0941. The number of hydrogen-bond acceptors (Lipinski definition) is 5. The van der Waals surface area contributed by atoms with E-state index in [-0.39, 0.29) is 31.9 Å². The van der Waals surface area contributed by atoms with Gasteiger partial charge in [-0.05, 0) is 6.42 Å². The summed E-state index contributed by atoms with van der Waals surface area (Å²) in [7, 11) is 3.19. The highest BCUT2D eigenvalue weighted by molar-refractivity contribution is 5.02. The third kappa shape index (κ3) is 6.28. The van der Waals surface area contributed by atoms with Crippen LogP contribution in [-0.4, -0.2) is 52.7 Å². The molecular formula is C13H22O5. The Labute approximate surface area is 108 Å². The van der Waals surface area contributed by atoms with E-state index in [0.717, 1.165) is 13.0 Å². The first-order chi connectivity index (χ1) is 8.81. The molecule has 0 unspecified atom stereocenters. The molecule has 18 heavy (non-hydrogen) atoms. The minimum Gasteiger partial charge on any atom is -0.370 e. The second kappa shape index (κ2) is 9.24. The Balaban J connectivity index is 2.41. The highest BCUT2D eigenvalue weighted by atomic mass is 16.7. The summed E-state index contributed by atoms with van der Waals surface area (Å²) >= 11 is 0. The van der Waals surface area contributed by atoms with Crippen molar-refractivity contribution in [1.82, 2.24) is 0 Å². The molecular weight excluding hydrogens is 236 g/mol. The van der Waals surface area contributed by atoms with Gasteiger partial charge < -0.3 is 23.7 Å². The van der Waals surface area contributed by atoms with E-state index in [4.69, 9.17) is 23.7 Å². The fraction of sp³-hybridized carbons (Fsp3) is 0.692. The lowest BCUT2D eigenvalue weighted by atomic mass is 10.2. The van der Waals surface area contributed by atoms with E-state index >= 15 is 0 Å². The first-order valence-corrected chi connectivity index (χ1v) is 5.93. The van der Waals surface area contributed by atoms with Crippen LogP contribution in [0.15, 0.2) is 24.8 Å². The van der Waals surface area contributed by atoms with Crippen LogP contribution in [0.2, 0.25) is 0 Å². The number of hydrogen-bond donors (Lipinski definition) is 0. The molecule has 5 nitrogen and oxygen atoms in total. The maximum absolute atomic E-state index is 5.50. The average Bonchev–Trinajstić information content (AvgIpc) is 3.20. The number of methoxy groups -OCH3 is 2. The van der Waals surface area contributed by atoms with Crippen LogP contribution in [0.25, 0.3) is 0 Å². The third-order valence-electron chi connectivity index (χ3n) is 2.42. The number of epoxide rings is 1. The first-order valence-electron chi connectivity index (χ1n) is 5.93. The predicted molar refractivity (Wildman–Crippen MR) is 67.2 cm³/mol. The maximum atomic E-state index is 5.50. The molecule has 1 saturated heterocycles. The topological polar surface area (TPSA) is 49.5 Å². The normalized spacial score (nSPS) is 22.0. The molecule has 5 heteroatoms. The Kier molecular flexibility index (Phi) is 7.88. The van der Waals surface area contributed by atoms with E-state index in [1.54, 1.807) is 14.2 Å². The van der Waals surface area contributed by atoms with E-state index < -0.39 is 0 Å². The van der Waals surface area contributed by atoms with Crippen molar-refractivity contribution >= 4 is 0 Å². The van der Waals surface area contributed by atoms with Crippen LogP contribution >= 0.6 is 0 Å². The molecule has 0 spiro atoms. The van der Waals surface area contributed by atoms with Crippen molar-refractivity contribution < 1.29 is 23.7 Å². The highest BCUT2D eigenvalue weighted by Gasteiger charge is 2.31. The summed E-state index contributed by atoms with van der Waals surface area (Å²) in [4.78, 5) is 0. The zero-order valence-corrected chi connectivity index (χ0v) is 11.0. The van der Waals surface area contributed by atoms with Gasteiger partial charge in [-0.3, -0.25) is 0 Å². The summed E-state index contributed by atoms with van der Waals surface area (Å²) < 4.78 is 26.0. The van der Waals surface area contributed by atoms with Gasteiger partial charge in [-0.15, -0.1) is 6.58 Å². The minimum absolute atomic E-state index is 0.0603. The first kappa shape index (κ1) is 15.3. The fourth-order valence-corrected chi connectivity index (χ4v) is 1.43. The van der Waals surface area contributed by atoms with E-state index in [9.17, 15) is 0 Å². The summed E-state index contributed by atoms with van der Waals surface area (Å²) in [5.41, 5.74) is 0. The Bertz CT molecular complexity index is 250. The van der Waals surface area contributed by atoms with Gasteiger partial charge in [0.05, 0.1) is 12.7 Å². The van der Waals surface area contributed by atoms with Crippen molar-refractivity contribution in [2.75, 3.05) is 34.4 Å². The summed E-state index contributed by atoms with van der Waals surface area (Å²) in [6.45, 7) is 4.93. The smallest absolute Gasteiger partial charge is 0.147 e. The molecule has 0 radical (unpaired) electrons. The molecule has 0 aromatic heterocycles. The van der Waals surface area contributed by atoms with Gasteiger partial charge in [0, 0.05) is 14.2 Å². The molecule has 1 aliphatic rings. The van der Waals surface area contributed by atoms with Gasteiger partial charge >= 0.3 is 0 Å². The third-order valence-corrected chi connectivity index (χ3v) is 2.42. The zero-order valence-electron chi connectivity index (χ0n) is 11.0. The molecule has 1 fully saturated rings. The van der Waals surface area contributed by atoms with Crippen molar-refractivity contribution in [2.24, 2.45) is 0 Å². The van der Waals surface area contributed by atoms with Gasteiger partial charge in [-0.2, -0.15) is 0 Å². The number of ether oxygens (including phenoxy) is 5. The average molecular weight is 258 g/mol. The van der Waals surface area contributed by atoms with E-state index in [1.807, 2.05) is 18.2 Å². The van der Waals surface area contributed by atoms with E-state index in [1.165, 1.54) is 0 Å². The molecule has 0 bridgehead atoms. The lowest BCUT2D eigenvalue weighted by Gasteiger charge is -2.14. The van der Waals surface area contributed by atoms with Crippen molar-refractivity contribution in [3.63, 3.8) is 0 Å². The fourth-order valence-electron chi connectivity index (χ4n) is 1.43. The van der Waals surface area contributed by atoms with Crippen LogP contribution in [0.1, 0.15) is 6.42 Å². The molecule has 0 aromatic carbocycles. The molecule has 104 valence electrons. The molecule has 1 rings (SSSR count). The molecule has 0 N–H and O–H groups in total. The number of rotatable bonds is 11. The summed E-state index contributed by atoms with van der Waals surface area (Å²) in [6.07, 6.45) is 6.40. The Hall–Kier alpha value is -0.720. The van der Waals surface area contributed by atoms with Crippen molar-refractivity contribution in [3.05, 3.63) is 24.8 Å². The predicted octanol–water partition coefficient (Wildman–Crippen LogP) is 1.50. The lowest BCUT2D eigenvalue weighted by Crippen LogP contribution is -2.20. The van der Waals surface area contributed by atoms with Gasteiger partial charge in [-0.1, -0.05) is 18.2 Å². The largest absolute Gasteiger partial charge is 0.370 e. The second-order valence-corrected chi connectivity index (χ2v) is 3.93. The van der Waals surface area contributed by atoms with Gasteiger partial charge in [0.2, 0.25) is 0 Å². The van der Waals surface area contributed by atoms with Crippen molar-refractivity contribution in [2.45, 2.75) is 24.7 Å². The van der Waals surface area contributed by atoms with Gasteiger partial charge in [0.1, 0.15) is 25.8 Å². The van der Waals surface area contributed by atoms with Crippen LogP contribution in [0.5, 0.6) is 0 Å². The van der Waals surface area contributed by atoms with Crippen LogP contribution in [0.4, 0.5) is 0 Å². The van der Waals surface area contributed by atoms with Crippen LogP contribution in [-0.2, 0) is 23.7 Å². The van der Waals surface area contributed by atoms with Crippen molar-refractivity contribution in [1.29, 1.82) is 0 Å². The highest BCUT2D eigenvalue weighted by Crippen LogP contribution is 2.19. The van der Waals surface area contributed by atoms with Crippen LogP contribution < -0.4 is 0 Å². The van der Waals surface area contributed by atoms with Crippen LogP contribution in [0.3, 0.4) is 0 Å². The SMILES string of the molecule is C=CC[C@H](C=C[C@H](OCOC)[C@H]1CO1)OCOC. The van der Waals surface area contributed by atoms with Gasteiger partial charge in [0.15, 0.2) is 0 Å². The van der Waals surface area contributed by atoms with E-state index in [0.29, 0.717) is 0 Å². The molecule has 0 aliphatic carbocycles. The summed E-state index contributed by atoms with van der Waals surface area (Å²) in [5.74, 6) is 0. The van der Waals surface area contributed by atoms with Crippen molar-refractivity contribution in [3.8, 4) is 0 Å². The molecule has 1 aliphatic heterocycles. The molecule has 0 saturated carbocycles. The summed E-state index contributed by atoms with van der Waals surface area (Å²) in [6, 6.07) is 0. The molecule has 1 heterocycles. The Morgan fingerprint density at radius 1 is 1.22 bits per heavy atom. The quantitative estimate of drug-likeness (QED) is 0.319. The van der Waals surface area contributed by atoms with Gasteiger partial charge in [-0.25, -0.2) is 0 Å². The second-order valence-electron chi connectivity index (χ2n) is 3.93. The molecule has 0 amide bonds. The molecule has 3 atom stereocenters. The lowest BCUT2D eigenvalue weighted by molar-refractivity contribution is -0.0653. The van der Waals surface area contributed by atoms with Gasteiger partial charge in [0.25, 0.3) is 0 Å². The van der Waals surface area contributed by atoms with Crippen LogP contribution in [0, 0.1) is 0 Å².